The number of rotatable bonds is 3. The minimum Gasteiger partial charge on any atom is -0.327 e. The van der Waals surface area contributed by atoms with Crippen molar-refractivity contribution in [3.8, 4) is 0 Å². The Labute approximate surface area is 114 Å². The van der Waals surface area contributed by atoms with Crippen LogP contribution in [0.4, 0.5) is 15.9 Å². The van der Waals surface area contributed by atoms with Crippen molar-refractivity contribution in [2.45, 2.75) is 13.8 Å². The third kappa shape index (κ3) is 2.85. The van der Waals surface area contributed by atoms with Gasteiger partial charge in [0, 0.05) is 18.3 Å². The lowest BCUT2D eigenvalue weighted by Crippen LogP contribution is -2.18. The van der Waals surface area contributed by atoms with Crippen LogP contribution in [0.2, 0.25) is 0 Å². The van der Waals surface area contributed by atoms with Crippen LogP contribution in [0, 0.1) is 12.7 Å². The molecule has 1 aromatic heterocycles. The van der Waals surface area contributed by atoms with E-state index in [1.165, 1.54) is 12.1 Å². The van der Waals surface area contributed by atoms with Gasteiger partial charge in [-0.05, 0) is 54.0 Å². The van der Waals surface area contributed by atoms with E-state index in [0.717, 1.165) is 22.7 Å². The van der Waals surface area contributed by atoms with Gasteiger partial charge in [-0.25, -0.2) is 14.4 Å². The predicted molar refractivity (Wildman–Crippen MR) is 73.5 cm³/mol. The Bertz CT molecular complexity index is 522. The van der Waals surface area contributed by atoms with Gasteiger partial charge in [-0.1, -0.05) is 0 Å². The van der Waals surface area contributed by atoms with Crippen molar-refractivity contribution in [3.05, 3.63) is 46.6 Å². The topological polar surface area (TPSA) is 29.0 Å². The highest BCUT2D eigenvalue weighted by Crippen LogP contribution is 2.25. The van der Waals surface area contributed by atoms with Gasteiger partial charge in [0.25, 0.3) is 0 Å². The molecule has 0 bridgehead atoms. The van der Waals surface area contributed by atoms with Crippen LogP contribution in [-0.2, 0) is 0 Å². The van der Waals surface area contributed by atoms with Crippen LogP contribution in [-0.4, -0.2) is 16.5 Å². The van der Waals surface area contributed by atoms with E-state index < -0.39 is 0 Å². The highest BCUT2D eigenvalue weighted by molar-refractivity contribution is 9.10. The van der Waals surface area contributed by atoms with Gasteiger partial charge in [0.1, 0.15) is 22.1 Å². The van der Waals surface area contributed by atoms with E-state index in [1.54, 1.807) is 12.1 Å². The zero-order valence-electron chi connectivity index (χ0n) is 10.2. The summed E-state index contributed by atoms with van der Waals surface area (Å²) in [7, 11) is 0. The third-order valence-electron chi connectivity index (χ3n) is 2.52. The number of aromatic nitrogens is 2. The molecule has 0 saturated carbocycles. The van der Waals surface area contributed by atoms with E-state index in [4.69, 9.17) is 0 Å². The molecule has 0 aliphatic carbocycles. The van der Waals surface area contributed by atoms with Crippen molar-refractivity contribution in [1.29, 1.82) is 0 Å². The van der Waals surface area contributed by atoms with Crippen LogP contribution in [0.1, 0.15) is 12.7 Å². The first-order valence-corrected chi connectivity index (χ1v) is 6.43. The van der Waals surface area contributed by atoms with Crippen molar-refractivity contribution in [3.63, 3.8) is 0 Å². The fourth-order valence-electron chi connectivity index (χ4n) is 1.75. The van der Waals surface area contributed by atoms with E-state index in [9.17, 15) is 4.39 Å². The summed E-state index contributed by atoms with van der Waals surface area (Å²) < 4.78 is 13.7. The molecule has 0 amide bonds. The third-order valence-corrected chi connectivity index (χ3v) is 2.93. The van der Waals surface area contributed by atoms with Crippen molar-refractivity contribution < 1.29 is 4.39 Å². The molecule has 18 heavy (non-hydrogen) atoms. The van der Waals surface area contributed by atoms with Crippen LogP contribution in [0.3, 0.4) is 0 Å². The molecule has 0 aliphatic heterocycles. The molecule has 1 heterocycles. The monoisotopic (exact) mass is 309 g/mol. The molecule has 0 unspecified atom stereocenters. The molecule has 0 radical (unpaired) electrons. The van der Waals surface area contributed by atoms with Gasteiger partial charge in [0.05, 0.1) is 0 Å². The van der Waals surface area contributed by atoms with Crippen LogP contribution in [0.25, 0.3) is 0 Å². The van der Waals surface area contributed by atoms with E-state index in [1.807, 2.05) is 24.8 Å². The Kier molecular flexibility index (Phi) is 3.91. The second-order valence-electron chi connectivity index (χ2n) is 3.82. The first-order valence-electron chi connectivity index (χ1n) is 5.64. The molecule has 2 rings (SSSR count). The molecule has 0 atom stereocenters. The number of nitrogens with zero attached hydrogens (tertiary/aromatic N) is 3. The summed E-state index contributed by atoms with van der Waals surface area (Å²) in [5.41, 5.74) is 0.906. The average molecular weight is 310 g/mol. The Morgan fingerprint density at radius 2 is 1.89 bits per heavy atom. The van der Waals surface area contributed by atoms with Crippen LogP contribution < -0.4 is 4.90 Å². The quantitative estimate of drug-likeness (QED) is 0.807. The molecule has 0 spiro atoms. The number of anilines is 2. The van der Waals surface area contributed by atoms with Gasteiger partial charge in [-0.15, -0.1) is 0 Å². The van der Waals surface area contributed by atoms with E-state index in [-0.39, 0.29) is 5.82 Å². The predicted octanol–water partition coefficient (Wildman–Crippen LogP) is 3.84. The lowest BCUT2D eigenvalue weighted by molar-refractivity contribution is 0.627. The summed E-state index contributed by atoms with van der Waals surface area (Å²) in [6, 6.07) is 8.22. The maximum atomic E-state index is 12.9. The normalized spacial score (nSPS) is 10.4. The Hall–Kier alpha value is -1.49. The largest absolute Gasteiger partial charge is 0.327 e. The highest BCUT2D eigenvalue weighted by atomic mass is 79.9. The van der Waals surface area contributed by atoms with Gasteiger partial charge in [-0.2, -0.15) is 0 Å². The maximum Gasteiger partial charge on any atom is 0.137 e. The Morgan fingerprint density at radius 1 is 1.22 bits per heavy atom. The van der Waals surface area contributed by atoms with Gasteiger partial charge in [-0.3, -0.25) is 0 Å². The Balaban J connectivity index is 2.41. The van der Waals surface area contributed by atoms with Crippen molar-refractivity contribution >= 4 is 27.4 Å². The zero-order chi connectivity index (χ0) is 13.1. The fourth-order valence-corrected chi connectivity index (χ4v) is 2.21. The molecule has 0 N–H and O–H groups in total. The van der Waals surface area contributed by atoms with Gasteiger partial charge >= 0.3 is 0 Å². The summed E-state index contributed by atoms with van der Waals surface area (Å²) in [5, 5.41) is 0. The second kappa shape index (κ2) is 5.44. The molecule has 2 aromatic rings. The summed E-state index contributed by atoms with van der Waals surface area (Å²) in [6.07, 6.45) is 0. The molecule has 0 aliphatic rings. The van der Waals surface area contributed by atoms with Crippen molar-refractivity contribution in [2.24, 2.45) is 0 Å². The van der Waals surface area contributed by atoms with Gasteiger partial charge < -0.3 is 4.90 Å². The number of aryl methyl sites for hydroxylation is 1. The standard InChI is InChI=1S/C13H13BrFN3/c1-3-18(11-6-4-10(15)5-7-11)13-8-12(14)16-9(2)17-13/h4-8H,3H2,1-2H3. The highest BCUT2D eigenvalue weighted by Gasteiger charge is 2.10. The second-order valence-corrected chi connectivity index (χ2v) is 4.63. The van der Waals surface area contributed by atoms with Crippen LogP contribution >= 0.6 is 15.9 Å². The molecule has 1 aromatic carbocycles. The maximum absolute atomic E-state index is 12.9. The average Bonchev–Trinajstić information content (AvgIpc) is 2.31. The lowest BCUT2D eigenvalue weighted by Gasteiger charge is -2.22. The first kappa shape index (κ1) is 13.0. The van der Waals surface area contributed by atoms with Gasteiger partial charge in [0.15, 0.2) is 0 Å². The zero-order valence-corrected chi connectivity index (χ0v) is 11.8. The summed E-state index contributed by atoms with van der Waals surface area (Å²) in [4.78, 5) is 10.6. The van der Waals surface area contributed by atoms with E-state index in [0.29, 0.717) is 5.82 Å². The van der Waals surface area contributed by atoms with Crippen molar-refractivity contribution in [2.75, 3.05) is 11.4 Å². The number of halogens is 2. The molecule has 5 heteroatoms. The van der Waals surface area contributed by atoms with Crippen LogP contribution in [0.5, 0.6) is 0 Å². The first-order chi connectivity index (χ1) is 8.60. The SMILES string of the molecule is CCN(c1ccc(F)cc1)c1cc(Br)nc(C)n1. The van der Waals surface area contributed by atoms with Crippen LogP contribution in [0.15, 0.2) is 34.9 Å². The number of hydrogen-bond donors (Lipinski definition) is 0. The number of benzene rings is 1. The Morgan fingerprint density at radius 3 is 2.44 bits per heavy atom. The molecular formula is C13H13BrFN3. The molecule has 3 nitrogen and oxygen atoms in total. The van der Waals surface area contributed by atoms with E-state index in [2.05, 4.69) is 25.9 Å². The van der Waals surface area contributed by atoms with E-state index >= 15 is 0 Å². The smallest absolute Gasteiger partial charge is 0.137 e. The lowest BCUT2D eigenvalue weighted by atomic mass is 10.2. The summed E-state index contributed by atoms with van der Waals surface area (Å²) in [6.45, 7) is 4.61. The van der Waals surface area contributed by atoms with Gasteiger partial charge in [0.2, 0.25) is 0 Å². The molecule has 94 valence electrons. The summed E-state index contributed by atoms with van der Waals surface area (Å²) >= 11 is 3.36. The molecule has 0 fully saturated rings. The minimum absolute atomic E-state index is 0.241. The minimum atomic E-state index is -0.241. The number of hydrogen-bond acceptors (Lipinski definition) is 3. The molecular weight excluding hydrogens is 297 g/mol. The van der Waals surface area contributed by atoms with Crippen molar-refractivity contribution in [1.82, 2.24) is 9.97 Å². The summed E-state index contributed by atoms with van der Waals surface area (Å²) in [5.74, 6) is 1.25. The molecule has 0 saturated heterocycles. The fraction of sp³-hybridized carbons (Fsp3) is 0.231.